The lowest BCUT2D eigenvalue weighted by Gasteiger charge is -2.28. The average molecular weight is 746 g/mol. The highest BCUT2D eigenvalue weighted by Gasteiger charge is 2.33. The zero-order valence-electron chi connectivity index (χ0n) is 32.1. The maximum atomic E-state index is 4.76. The number of pyridine rings is 1. The van der Waals surface area contributed by atoms with Crippen molar-refractivity contribution in [1.82, 2.24) is 9.55 Å². The van der Waals surface area contributed by atoms with Crippen LogP contribution >= 0.6 is 0 Å². The molecule has 0 radical (unpaired) electrons. The molecular weight excluding hydrogens is 707 g/mol. The van der Waals surface area contributed by atoms with E-state index in [9.17, 15) is 0 Å². The molecule has 0 saturated carbocycles. The van der Waals surface area contributed by atoms with Gasteiger partial charge in [0.2, 0.25) is 0 Å². The second-order valence-corrected chi connectivity index (χ2v) is 14.9. The van der Waals surface area contributed by atoms with E-state index in [1.807, 2.05) is 18.3 Å². The van der Waals surface area contributed by atoms with Gasteiger partial charge < -0.3 is 14.7 Å². The fraction of sp³-hybridized carbons (Fsp3) is 0.0377. The first-order chi connectivity index (χ1) is 28.7. The van der Waals surface area contributed by atoms with Crippen LogP contribution in [0, 0.1) is 0 Å². The summed E-state index contributed by atoms with van der Waals surface area (Å²) in [6.45, 7) is 0.649. The molecule has 0 bridgehead atoms. The number of hydrogen-bond donors (Lipinski definition) is 0. The van der Waals surface area contributed by atoms with Gasteiger partial charge in [-0.25, -0.2) is 4.98 Å². The van der Waals surface area contributed by atoms with Gasteiger partial charge in [-0.1, -0.05) is 146 Å². The monoisotopic (exact) mass is 745 g/mol. The summed E-state index contributed by atoms with van der Waals surface area (Å²) in [4.78, 5) is 12.1. The molecule has 11 rings (SSSR count). The minimum atomic E-state index is 0.649. The highest BCUT2D eigenvalue weighted by atomic mass is 15.4. The molecule has 5 nitrogen and oxygen atoms in total. The molecular formula is C53H39N5. The molecule has 0 fully saturated rings. The molecule has 0 aliphatic carbocycles. The number of rotatable bonds is 7. The summed E-state index contributed by atoms with van der Waals surface area (Å²) in [5.74, 6) is 0.907. The Bertz CT molecular complexity index is 3060. The minimum absolute atomic E-state index is 0.649. The molecule has 0 atom stereocenters. The van der Waals surface area contributed by atoms with Gasteiger partial charge in [-0.3, -0.25) is 4.57 Å². The normalized spacial score (nSPS) is 12.4. The zero-order chi connectivity index (χ0) is 38.6. The predicted octanol–water partition coefficient (Wildman–Crippen LogP) is 13.7. The van der Waals surface area contributed by atoms with E-state index in [0.29, 0.717) is 6.67 Å². The molecule has 0 unspecified atom stereocenters. The van der Waals surface area contributed by atoms with Crippen LogP contribution in [0.5, 0.6) is 0 Å². The van der Waals surface area contributed by atoms with Crippen LogP contribution in [-0.2, 0) is 0 Å². The summed E-state index contributed by atoms with van der Waals surface area (Å²) < 4.78 is 2.27. The standard InChI is InChI=1S/C53H39N5/c1-55(41-30-31-47-46-24-10-11-27-48(46)58(50(47)35-41)51-28-12-13-33-54-51)40-21-14-22-42(34-40)56-36-57(53-45-23-9-8-20-39(45)29-32-49(53)56)52-43(37-16-4-2-5-17-37)25-15-26-44(52)38-18-6-3-7-19-38/h2-35H,36H2,1H3. The predicted molar refractivity (Wildman–Crippen MR) is 243 cm³/mol. The number of nitrogens with zero attached hydrogens (tertiary/aromatic N) is 5. The highest BCUT2D eigenvalue weighted by molar-refractivity contribution is 6.11. The maximum absolute atomic E-state index is 4.76. The number of benzene rings is 8. The van der Waals surface area contributed by atoms with Gasteiger partial charge in [-0.15, -0.1) is 0 Å². The summed E-state index contributed by atoms with van der Waals surface area (Å²) in [5, 5.41) is 4.87. The van der Waals surface area contributed by atoms with Gasteiger partial charge in [0.25, 0.3) is 0 Å². The van der Waals surface area contributed by atoms with Gasteiger partial charge in [-0.2, -0.15) is 0 Å². The lowest BCUT2D eigenvalue weighted by atomic mass is 9.94. The van der Waals surface area contributed by atoms with Crippen molar-refractivity contribution in [2.75, 3.05) is 28.4 Å². The van der Waals surface area contributed by atoms with E-state index in [0.717, 1.165) is 33.9 Å². The fourth-order valence-electron chi connectivity index (χ4n) is 8.89. The SMILES string of the molecule is CN(c1cccc(N2CN(c3c(-c4ccccc4)cccc3-c3ccccc3)c3c2ccc2ccccc32)c1)c1ccc2c3ccccc3n(-c3ccccn3)c2c1. The van der Waals surface area contributed by atoms with Crippen molar-refractivity contribution in [2.24, 2.45) is 0 Å². The van der Waals surface area contributed by atoms with Crippen LogP contribution in [-0.4, -0.2) is 23.3 Å². The fourth-order valence-corrected chi connectivity index (χ4v) is 8.89. The number of fused-ring (bicyclic) bond motifs is 6. The third-order valence-corrected chi connectivity index (χ3v) is 11.7. The second kappa shape index (κ2) is 13.8. The number of hydrogen-bond acceptors (Lipinski definition) is 4. The molecule has 0 amide bonds. The lowest BCUT2D eigenvalue weighted by Crippen LogP contribution is -2.25. The maximum Gasteiger partial charge on any atom is 0.137 e. The van der Waals surface area contributed by atoms with Crippen LogP contribution in [0.25, 0.3) is 60.6 Å². The van der Waals surface area contributed by atoms with Crippen molar-refractivity contribution in [3.63, 3.8) is 0 Å². The van der Waals surface area contributed by atoms with Crippen molar-refractivity contribution in [2.45, 2.75) is 0 Å². The van der Waals surface area contributed by atoms with Crippen LogP contribution < -0.4 is 14.7 Å². The van der Waals surface area contributed by atoms with Gasteiger partial charge in [0.15, 0.2) is 0 Å². The lowest BCUT2D eigenvalue weighted by molar-refractivity contribution is 0.993. The molecule has 0 saturated heterocycles. The molecule has 2 aromatic heterocycles. The molecule has 1 aliphatic heterocycles. The van der Waals surface area contributed by atoms with Crippen LogP contribution in [0.3, 0.4) is 0 Å². The first-order valence-electron chi connectivity index (χ1n) is 19.8. The summed E-state index contributed by atoms with van der Waals surface area (Å²) >= 11 is 0. The largest absolute Gasteiger partial charge is 0.344 e. The molecule has 10 aromatic rings. The highest BCUT2D eigenvalue weighted by Crippen LogP contribution is 2.53. The van der Waals surface area contributed by atoms with E-state index in [2.05, 4.69) is 214 Å². The van der Waals surface area contributed by atoms with E-state index in [1.54, 1.807) is 0 Å². The Morgan fingerprint density at radius 2 is 1.12 bits per heavy atom. The second-order valence-electron chi connectivity index (χ2n) is 14.9. The Morgan fingerprint density at radius 3 is 1.88 bits per heavy atom. The Hall–Kier alpha value is -7.63. The Labute approximate surface area is 337 Å². The molecule has 0 spiro atoms. The van der Waals surface area contributed by atoms with Gasteiger partial charge in [-0.05, 0) is 71.1 Å². The van der Waals surface area contributed by atoms with Crippen molar-refractivity contribution in [1.29, 1.82) is 0 Å². The summed E-state index contributed by atoms with van der Waals surface area (Å²) in [6.07, 6.45) is 1.86. The van der Waals surface area contributed by atoms with Gasteiger partial charge >= 0.3 is 0 Å². The third-order valence-electron chi connectivity index (χ3n) is 11.7. The third kappa shape index (κ3) is 5.51. The average Bonchev–Trinajstić information content (AvgIpc) is 3.86. The van der Waals surface area contributed by atoms with Crippen LogP contribution in [0.1, 0.15) is 0 Å². The molecule has 276 valence electrons. The number of anilines is 6. The van der Waals surface area contributed by atoms with Gasteiger partial charge in [0, 0.05) is 57.6 Å². The van der Waals surface area contributed by atoms with E-state index < -0.39 is 0 Å². The van der Waals surface area contributed by atoms with E-state index in [4.69, 9.17) is 4.98 Å². The summed E-state index contributed by atoms with van der Waals surface area (Å²) in [7, 11) is 2.16. The van der Waals surface area contributed by atoms with Crippen molar-refractivity contribution in [3.05, 3.63) is 206 Å². The molecule has 8 aromatic carbocycles. The first-order valence-corrected chi connectivity index (χ1v) is 19.8. The molecule has 5 heteroatoms. The molecule has 3 heterocycles. The van der Waals surface area contributed by atoms with Gasteiger partial charge in [0.1, 0.15) is 12.5 Å². The smallest absolute Gasteiger partial charge is 0.137 e. The minimum Gasteiger partial charge on any atom is -0.344 e. The Balaban J connectivity index is 1.05. The van der Waals surface area contributed by atoms with Crippen molar-refractivity contribution < 1.29 is 0 Å². The van der Waals surface area contributed by atoms with Crippen LogP contribution in [0.2, 0.25) is 0 Å². The molecule has 1 aliphatic rings. The van der Waals surface area contributed by atoms with Gasteiger partial charge in [0.05, 0.1) is 28.1 Å². The summed E-state index contributed by atoms with van der Waals surface area (Å²) in [6, 6.07) is 72.0. The van der Waals surface area contributed by atoms with Crippen LogP contribution in [0.15, 0.2) is 206 Å². The van der Waals surface area contributed by atoms with Crippen molar-refractivity contribution in [3.8, 4) is 28.1 Å². The Kier molecular flexibility index (Phi) is 8.04. The quantitative estimate of drug-likeness (QED) is 0.162. The number of para-hydroxylation sites is 2. The Morgan fingerprint density at radius 1 is 0.466 bits per heavy atom. The summed E-state index contributed by atoms with van der Waals surface area (Å²) in [5.41, 5.74) is 14.0. The van der Waals surface area contributed by atoms with E-state index >= 15 is 0 Å². The van der Waals surface area contributed by atoms with E-state index in [1.165, 1.54) is 60.9 Å². The van der Waals surface area contributed by atoms with Crippen molar-refractivity contribution >= 4 is 66.7 Å². The number of aromatic nitrogens is 2. The van der Waals surface area contributed by atoms with E-state index in [-0.39, 0.29) is 0 Å². The van der Waals surface area contributed by atoms with Crippen LogP contribution in [0.4, 0.5) is 34.1 Å². The molecule has 0 N–H and O–H groups in total. The zero-order valence-corrected chi connectivity index (χ0v) is 32.1. The molecule has 58 heavy (non-hydrogen) atoms. The first kappa shape index (κ1) is 33.7. The topological polar surface area (TPSA) is 27.5 Å².